The normalized spacial score (nSPS) is 10.9. The fourth-order valence-electron chi connectivity index (χ4n) is 3.44. The molecule has 0 saturated heterocycles. The maximum absolute atomic E-state index is 13.1. The van der Waals surface area contributed by atoms with Crippen molar-refractivity contribution in [2.75, 3.05) is 5.32 Å². The van der Waals surface area contributed by atoms with Crippen LogP contribution in [-0.4, -0.2) is 15.5 Å². The van der Waals surface area contributed by atoms with Gasteiger partial charge in [0.1, 0.15) is 18.1 Å². The van der Waals surface area contributed by atoms with Gasteiger partial charge in [0.05, 0.1) is 11.4 Å². The van der Waals surface area contributed by atoms with E-state index in [0.29, 0.717) is 28.8 Å². The molecule has 0 aliphatic rings. The molecule has 146 valence electrons. The van der Waals surface area contributed by atoms with Gasteiger partial charge in [-0.25, -0.2) is 0 Å². The topological polar surface area (TPSA) is 56.1 Å². The number of benzene rings is 2. The van der Waals surface area contributed by atoms with Crippen LogP contribution in [0.2, 0.25) is 5.02 Å². The van der Waals surface area contributed by atoms with Crippen LogP contribution >= 0.6 is 11.6 Å². The van der Waals surface area contributed by atoms with Crippen molar-refractivity contribution in [1.29, 1.82) is 0 Å². The molecule has 29 heavy (non-hydrogen) atoms. The number of hydrogen-bond donors (Lipinski definition) is 1. The van der Waals surface area contributed by atoms with Crippen LogP contribution in [0.5, 0.6) is 5.75 Å². The number of carbonyl (C=O) groups is 1. The molecule has 0 saturated carbocycles. The number of fused-ring (bicyclic) bond motifs is 1. The Kier molecular flexibility index (Phi) is 5.23. The molecule has 2 aromatic heterocycles. The third-order valence-electron chi connectivity index (χ3n) is 4.87. The fraction of sp³-hybridized carbons (Fsp3) is 0.130. The summed E-state index contributed by atoms with van der Waals surface area (Å²) >= 11 is 6.14. The van der Waals surface area contributed by atoms with Gasteiger partial charge in [-0.05, 0) is 55.0 Å². The first-order chi connectivity index (χ1) is 14.0. The summed E-state index contributed by atoms with van der Waals surface area (Å²) in [6, 6.07) is 18.7. The van der Waals surface area contributed by atoms with Crippen LogP contribution in [0.1, 0.15) is 21.7 Å². The highest BCUT2D eigenvalue weighted by Gasteiger charge is 2.19. The summed E-state index contributed by atoms with van der Waals surface area (Å²) < 4.78 is 7.78. The largest absolute Gasteiger partial charge is 0.485 e. The maximum Gasteiger partial charge on any atom is 0.272 e. The number of halogens is 1. The molecule has 0 aliphatic heterocycles. The highest BCUT2D eigenvalue weighted by molar-refractivity contribution is 6.31. The van der Waals surface area contributed by atoms with E-state index in [4.69, 9.17) is 16.3 Å². The van der Waals surface area contributed by atoms with Crippen molar-refractivity contribution >= 4 is 34.1 Å². The van der Waals surface area contributed by atoms with Gasteiger partial charge < -0.3 is 14.6 Å². The first-order valence-corrected chi connectivity index (χ1v) is 9.60. The molecular formula is C23H20ClN3O2. The van der Waals surface area contributed by atoms with Crippen molar-refractivity contribution in [2.24, 2.45) is 7.05 Å². The Balaban J connectivity index is 1.60. The maximum atomic E-state index is 13.1. The Morgan fingerprint density at radius 3 is 2.72 bits per heavy atom. The molecule has 1 amide bonds. The number of aryl methyl sites for hydroxylation is 2. The summed E-state index contributed by atoms with van der Waals surface area (Å²) in [5.41, 5.74) is 3.85. The number of rotatable bonds is 5. The van der Waals surface area contributed by atoms with Crippen molar-refractivity contribution in [2.45, 2.75) is 13.5 Å². The molecule has 2 aromatic carbocycles. The quantitative estimate of drug-likeness (QED) is 0.485. The van der Waals surface area contributed by atoms with Crippen LogP contribution in [0, 0.1) is 6.92 Å². The van der Waals surface area contributed by atoms with Crippen LogP contribution in [0.3, 0.4) is 0 Å². The smallest absolute Gasteiger partial charge is 0.272 e. The number of para-hydroxylation sites is 2. The Hall–Kier alpha value is -3.31. The lowest BCUT2D eigenvalue weighted by Crippen LogP contribution is -2.17. The van der Waals surface area contributed by atoms with Crippen molar-refractivity contribution in [3.05, 3.63) is 88.8 Å². The number of nitrogens with one attached hydrogen (secondary N) is 1. The van der Waals surface area contributed by atoms with Gasteiger partial charge in [0.2, 0.25) is 0 Å². The number of ether oxygens (including phenoxy) is 1. The molecule has 0 bridgehead atoms. The molecular weight excluding hydrogens is 386 g/mol. The standard InChI is InChI=1S/C23H20ClN3O2/c1-15-18-13-16(24)10-11-20(18)27(2)22(15)23(28)26-19-8-3-4-9-21(19)29-14-17-7-5-6-12-25-17/h3-13H,14H2,1-2H3,(H,26,28). The van der Waals surface area contributed by atoms with E-state index in [1.54, 1.807) is 6.20 Å². The van der Waals surface area contributed by atoms with E-state index in [2.05, 4.69) is 10.3 Å². The zero-order chi connectivity index (χ0) is 20.4. The van der Waals surface area contributed by atoms with Gasteiger partial charge in [-0.1, -0.05) is 29.8 Å². The van der Waals surface area contributed by atoms with Crippen molar-refractivity contribution in [1.82, 2.24) is 9.55 Å². The monoisotopic (exact) mass is 405 g/mol. The Morgan fingerprint density at radius 2 is 1.93 bits per heavy atom. The molecule has 4 aromatic rings. The van der Waals surface area contributed by atoms with Gasteiger partial charge in [-0.2, -0.15) is 0 Å². The Labute approximate surface area is 173 Å². The summed E-state index contributed by atoms with van der Waals surface area (Å²) in [5.74, 6) is 0.386. The second kappa shape index (κ2) is 7.97. The van der Waals surface area contributed by atoms with Crippen molar-refractivity contribution in [3.8, 4) is 5.75 Å². The molecule has 0 fully saturated rings. The Morgan fingerprint density at radius 1 is 1.14 bits per heavy atom. The van der Waals surface area contributed by atoms with E-state index in [9.17, 15) is 4.79 Å². The average Bonchev–Trinajstić information content (AvgIpc) is 2.98. The second-order valence-electron chi connectivity index (χ2n) is 6.75. The number of hydrogen-bond acceptors (Lipinski definition) is 3. The van der Waals surface area contributed by atoms with Gasteiger partial charge in [0.15, 0.2) is 0 Å². The van der Waals surface area contributed by atoms with E-state index in [1.165, 1.54) is 0 Å². The first-order valence-electron chi connectivity index (χ1n) is 9.22. The van der Waals surface area contributed by atoms with Gasteiger partial charge in [0, 0.05) is 29.2 Å². The molecule has 0 aliphatic carbocycles. The third-order valence-corrected chi connectivity index (χ3v) is 5.10. The summed E-state index contributed by atoms with van der Waals surface area (Å²) in [7, 11) is 1.88. The van der Waals surface area contributed by atoms with Crippen LogP contribution in [-0.2, 0) is 13.7 Å². The third kappa shape index (κ3) is 3.82. The van der Waals surface area contributed by atoms with E-state index in [-0.39, 0.29) is 5.91 Å². The number of carbonyl (C=O) groups excluding carboxylic acids is 1. The number of pyridine rings is 1. The SMILES string of the molecule is Cc1c(C(=O)Nc2ccccc2OCc2ccccn2)n(C)c2ccc(Cl)cc12. The predicted octanol–water partition coefficient (Wildman–Crippen LogP) is 5.37. The lowest BCUT2D eigenvalue weighted by Gasteiger charge is -2.13. The molecule has 5 nitrogen and oxygen atoms in total. The molecule has 0 radical (unpaired) electrons. The zero-order valence-electron chi connectivity index (χ0n) is 16.1. The summed E-state index contributed by atoms with van der Waals surface area (Å²) in [5, 5.41) is 4.59. The van der Waals surface area contributed by atoms with E-state index in [1.807, 2.05) is 79.2 Å². The second-order valence-corrected chi connectivity index (χ2v) is 7.19. The Bertz CT molecular complexity index is 1190. The molecule has 6 heteroatoms. The zero-order valence-corrected chi connectivity index (χ0v) is 16.9. The van der Waals surface area contributed by atoms with Gasteiger partial charge in [-0.15, -0.1) is 0 Å². The van der Waals surface area contributed by atoms with Crippen LogP contribution < -0.4 is 10.1 Å². The van der Waals surface area contributed by atoms with Crippen molar-refractivity contribution in [3.63, 3.8) is 0 Å². The summed E-state index contributed by atoms with van der Waals surface area (Å²) in [6.45, 7) is 2.25. The molecule has 2 heterocycles. The van der Waals surface area contributed by atoms with Crippen LogP contribution in [0.4, 0.5) is 5.69 Å². The molecule has 0 atom stereocenters. The molecule has 0 unspecified atom stereocenters. The molecule has 0 spiro atoms. The fourth-order valence-corrected chi connectivity index (χ4v) is 3.61. The number of amides is 1. The lowest BCUT2D eigenvalue weighted by atomic mass is 10.1. The van der Waals surface area contributed by atoms with E-state index < -0.39 is 0 Å². The molecule has 1 N–H and O–H groups in total. The van der Waals surface area contributed by atoms with E-state index in [0.717, 1.165) is 22.2 Å². The predicted molar refractivity (Wildman–Crippen MR) is 116 cm³/mol. The number of nitrogens with zero attached hydrogens (tertiary/aromatic N) is 2. The number of anilines is 1. The number of aromatic nitrogens is 2. The minimum atomic E-state index is -0.203. The van der Waals surface area contributed by atoms with Crippen LogP contribution in [0.15, 0.2) is 66.9 Å². The minimum Gasteiger partial charge on any atom is -0.485 e. The van der Waals surface area contributed by atoms with E-state index >= 15 is 0 Å². The highest BCUT2D eigenvalue weighted by atomic mass is 35.5. The average molecular weight is 406 g/mol. The first kappa shape index (κ1) is 19.0. The minimum absolute atomic E-state index is 0.203. The molecule has 4 rings (SSSR count). The summed E-state index contributed by atoms with van der Waals surface area (Å²) in [4.78, 5) is 17.4. The van der Waals surface area contributed by atoms with Gasteiger partial charge in [0.25, 0.3) is 5.91 Å². The van der Waals surface area contributed by atoms with Gasteiger partial charge >= 0.3 is 0 Å². The summed E-state index contributed by atoms with van der Waals surface area (Å²) in [6.07, 6.45) is 1.72. The lowest BCUT2D eigenvalue weighted by molar-refractivity contribution is 0.101. The van der Waals surface area contributed by atoms with Crippen molar-refractivity contribution < 1.29 is 9.53 Å². The van der Waals surface area contributed by atoms with Gasteiger partial charge in [-0.3, -0.25) is 9.78 Å². The highest BCUT2D eigenvalue weighted by Crippen LogP contribution is 2.30. The van der Waals surface area contributed by atoms with Crippen LogP contribution in [0.25, 0.3) is 10.9 Å².